The van der Waals surface area contributed by atoms with Gasteiger partial charge in [0, 0.05) is 18.7 Å². The van der Waals surface area contributed by atoms with Gasteiger partial charge >= 0.3 is 0 Å². The van der Waals surface area contributed by atoms with Crippen molar-refractivity contribution in [3.05, 3.63) is 71.9 Å². The Hall–Kier alpha value is -3.35. The molecule has 1 aromatic carbocycles. The monoisotopic (exact) mass is 367 g/mol. The van der Waals surface area contributed by atoms with Crippen molar-refractivity contribution in [2.45, 2.75) is 19.4 Å². The van der Waals surface area contributed by atoms with Crippen LogP contribution < -0.4 is 14.8 Å². The van der Waals surface area contributed by atoms with Crippen molar-refractivity contribution in [2.24, 2.45) is 0 Å². The van der Waals surface area contributed by atoms with Gasteiger partial charge in [-0.3, -0.25) is 9.78 Å². The molecule has 0 aliphatic heterocycles. The maximum absolute atomic E-state index is 12.2. The molecule has 0 aliphatic rings. The second-order valence-corrected chi connectivity index (χ2v) is 6.03. The Labute approximate surface area is 157 Å². The molecule has 27 heavy (non-hydrogen) atoms. The van der Waals surface area contributed by atoms with Crippen molar-refractivity contribution in [3.8, 4) is 11.5 Å². The van der Waals surface area contributed by atoms with Crippen LogP contribution in [0.4, 0.5) is 0 Å². The minimum Gasteiger partial charge on any atom is -0.497 e. The first-order valence-corrected chi connectivity index (χ1v) is 8.57. The number of ether oxygens (including phenoxy) is 2. The first-order chi connectivity index (χ1) is 13.1. The van der Waals surface area contributed by atoms with E-state index in [0.29, 0.717) is 24.4 Å². The Morgan fingerprint density at radius 2 is 2.04 bits per heavy atom. The number of carbonyl (C=O) groups excluding carboxylic acids is 1. The van der Waals surface area contributed by atoms with Gasteiger partial charge in [0.25, 0.3) is 5.91 Å². The zero-order valence-corrected chi connectivity index (χ0v) is 15.2. The summed E-state index contributed by atoms with van der Waals surface area (Å²) in [6.07, 6.45) is 3.66. The van der Waals surface area contributed by atoms with E-state index in [-0.39, 0.29) is 17.8 Å². The minimum absolute atomic E-state index is 0.173. The molecule has 3 rings (SSSR count). The number of carbonyl (C=O) groups is 1. The second kappa shape index (κ2) is 8.84. The Morgan fingerprint density at radius 3 is 2.74 bits per heavy atom. The molecule has 0 radical (unpaired) electrons. The van der Waals surface area contributed by atoms with Gasteiger partial charge in [0.2, 0.25) is 5.76 Å². The van der Waals surface area contributed by atoms with E-state index >= 15 is 0 Å². The van der Waals surface area contributed by atoms with Crippen LogP contribution in [-0.2, 0) is 6.42 Å². The Balaban J connectivity index is 1.50. The highest BCUT2D eigenvalue weighted by atomic mass is 16.5. The van der Waals surface area contributed by atoms with Crippen LogP contribution in [0.15, 0.2) is 59.4 Å². The Morgan fingerprint density at radius 1 is 1.22 bits per heavy atom. The third kappa shape index (κ3) is 5.31. The second-order valence-electron chi connectivity index (χ2n) is 6.03. The van der Waals surface area contributed by atoms with Gasteiger partial charge in [0.05, 0.1) is 25.5 Å². The zero-order chi connectivity index (χ0) is 19.1. The molecule has 3 aromatic rings. The summed E-state index contributed by atoms with van der Waals surface area (Å²) >= 11 is 0. The standard InChI is InChI=1S/C20H21N3O4/c1-14(26-18-4-3-9-21-13-18)12-22-20(24)19-11-16(23-27-19)10-15-5-7-17(25-2)8-6-15/h3-9,11,13-14H,10,12H2,1-2H3,(H,22,24)/t14-/m0/s1. The molecular weight excluding hydrogens is 346 g/mol. The predicted molar refractivity (Wildman–Crippen MR) is 99.0 cm³/mol. The summed E-state index contributed by atoms with van der Waals surface area (Å²) in [5, 5.41) is 6.74. The number of hydrogen-bond donors (Lipinski definition) is 1. The quantitative estimate of drug-likeness (QED) is 0.659. The summed E-state index contributed by atoms with van der Waals surface area (Å²) in [5.74, 6) is 1.29. The highest BCUT2D eigenvalue weighted by Gasteiger charge is 2.15. The van der Waals surface area contributed by atoms with Crippen molar-refractivity contribution in [2.75, 3.05) is 13.7 Å². The van der Waals surface area contributed by atoms with Crippen LogP contribution in [0, 0.1) is 0 Å². The maximum Gasteiger partial charge on any atom is 0.290 e. The van der Waals surface area contributed by atoms with Crippen molar-refractivity contribution in [1.29, 1.82) is 0 Å². The third-order valence-electron chi connectivity index (χ3n) is 3.85. The summed E-state index contributed by atoms with van der Waals surface area (Å²) in [5.41, 5.74) is 1.74. The van der Waals surface area contributed by atoms with Crippen LogP contribution in [0.3, 0.4) is 0 Å². The molecule has 0 unspecified atom stereocenters. The van der Waals surface area contributed by atoms with Crippen LogP contribution in [0.1, 0.15) is 28.7 Å². The van der Waals surface area contributed by atoms with Crippen molar-refractivity contribution >= 4 is 5.91 Å². The van der Waals surface area contributed by atoms with Crippen LogP contribution in [0.25, 0.3) is 0 Å². The number of pyridine rings is 1. The van der Waals surface area contributed by atoms with E-state index in [0.717, 1.165) is 11.3 Å². The maximum atomic E-state index is 12.2. The fourth-order valence-corrected chi connectivity index (χ4v) is 2.47. The van der Waals surface area contributed by atoms with Crippen molar-refractivity contribution in [1.82, 2.24) is 15.5 Å². The summed E-state index contributed by atoms with van der Waals surface area (Å²) < 4.78 is 16.0. The fourth-order valence-electron chi connectivity index (χ4n) is 2.47. The number of methoxy groups -OCH3 is 1. The van der Waals surface area contributed by atoms with E-state index in [1.165, 1.54) is 0 Å². The normalized spacial score (nSPS) is 11.6. The van der Waals surface area contributed by atoms with Crippen LogP contribution in [0.5, 0.6) is 11.5 Å². The van der Waals surface area contributed by atoms with E-state index in [9.17, 15) is 4.79 Å². The molecule has 0 saturated carbocycles. The lowest BCUT2D eigenvalue weighted by molar-refractivity contribution is 0.0895. The van der Waals surface area contributed by atoms with Crippen LogP contribution in [-0.4, -0.2) is 35.8 Å². The van der Waals surface area contributed by atoms with E-state index < -0.39 is 0 Å². The molecule has 1 N–H and O–H groups in total. The number of aromatic nitrogens is 2. The molecule has 0 aliphatic carbocycles. The van der Waals surface area contributed by atoms with E-state index in [2.05, 4.69) is 15.5 Å². The number of nitrogens with zero attached hydrogens (tertiary/aromatic N) is 2. The molecule has 0 fully saturated rings. The molecule has 7 heteroatoms. The predicted octanol–water partition coefficient (Wildman–Crippen LogP) is 2.87. The molecule has 0 saturated heterocycles. The molecule has 1 atom stereocenters. The van der Waals surface area contributed by atoms with E-state index in [4.69, 9.17) is 14.0 Å². The molecular formula is C20H21N3O4. The smallest absolute Gasteiger partial charge is 0.290 e. The number of nitrogens with one attached hydrogen (secondary N) is 1. The van der Waals surface area contributed by atoms with Gasteiger partial charge in [0.15, 0.2) is 0 Å². The number of benzene rings is 1. The van der Waals surface area contributed by atoms with Crippen LogP contribution in [0.2, 0.25) is 0 Å². The number of amides is 1. The number of hydrogen-bond acceptors (Lipinski definition) is 6. The molecule has 2 aromatic heterocycles. The van der Waals surface area contributed by atoms with Gasteiger partial charge < -0.3 is 19.3 Å². The summed E-state index contributed by atoms with van der Waals surface area (Å²) in [6, 6.07) is 12.9. The number of rotatable bonds is 8. The lowest BCUT2D eigenvalue weighted by Gasteiger charge is -2.14. The lowest BCUT2D eigenvalue weighted by Crippen LogP contribution is -2.33. The first-order valence-electron chi connectivity index (χ1n) is 8.57. The average Bonchev–Trinajstić information content (AvgIpc) is 3.16. The molecule has 2 heterocycles. The first kappa shape index (κ1) is 18.4. The van der Waals surface area contributed by atoms with Crippen molar-refractivity contribution < 1.29 is 18.8 Å². The topological polar surface area (TPSA) is 86.5 Å². The Bertz CT molecular complexity index is 862. The van der Waals surface area contributed by atoms with Gasteiger partial charge in [0.1, 0.15) is 17.6 Å². The van der Waals surface area contributed by atoms with E-state index in [1.807, 2.05) is 37.3 Å². The van der Waals surface area contributed by atoms with E-state index in [1.54, 1.807) is 31.6 Å². The molecule has 0 spiro atoms. The molecule has 1 amide bonds. The molecule has 140 valence electrons. The van der Waals surface area contributed by atoms with Gasteiger partial charge in [-0.15, -0.1) is 0 Å². The third-order valence-corrected chi connectivity index (χ3v) is 3.85. The zero-order valence-electron chi connectivity index (χ0n) is 15.2. The highest BCUT2D eigenvalue weighted by molar-refractivity contribution is 5.91. The Kier molecular flexibility index (Phi) is 6.04. The van der Waals surface area contributed by atoms with Gasteiger partial charge in [-0.25, -0.2) is 0 Å². The lowest BCUT2D eigenvalue weighted by atomic mass is 10.1. The average molecular weight is 367 g/mol. The van der Waals surface area contributed by atoms with Crippen molar-refractivity contribution in [3.63, 3.8) is 0 Å². The largest absolute Gasteiger partial charge is 0.497 e. The highest BCUT2D eigenvalue weighted by Crippen LogP contribution is 2.15. The van der Waals surface area contributed by atoms with Gasteiger partial charge in [-0.1, -0.05) is 17.3 Å². The van der Waals surface area contributed by atoms with Gasteiger partial charge in [-0.2, -0.15) is 0 Å². The van der Waals surface area contributed by atoms with Crippen LogP contribution >= 0.6 is 0 Å². The minimum atomic E-state index is -0.329. The summed E-state index contributed by atoms with van der Waals surface area (Å²) in [4.78, 5) is 16.2. The SMILES string of the molecule is COc1ccc(Cc2cc(C(=O)NC[C@H](C)Oc3cccnc3)on2)cc1. The van der Waals surface area contributed by atoms with Gasteiger partial charge in [-0.05, 0) is 36.8 Å². The molecule has 0 bridgehead atoms. The molecule has 7 nitrogen and oxygen atoms in total. The summed E-state index contributed by atoms with van der Waals surface area (Å²) in [7, 11) is 1.63. The fraction of sp³-hybridized carbons (Fsp3) is 0.250. The summed E-state index contributed by atoms with van der Waals surface area (Å²) in [6.45, 7) is 2.20.